The van der Waals surface area contributed by atoms with E-state index in [1.165, 1.54) is 13.2 Å². The number of hydrogen-bond acceptors (Lipinski definition) is 7. The SMILES string of the molecule is COc1cc(O)c2c(c1Cl)CC(=N\OCC(=O)N1CCCCC1)/C=C/CC/C=C/CCCOC2=O. The van der Waals surface area contributed by atoms with Gasteiger partial charge in [0.1, 0.15) is 17.1 Å². The Morgan fingerprint density at radius 2 is 1.89 bits per heavy atom. The van der Waals surface area contributed by atoms with Crippen LogP contribution in [-0.4, -0.2) is 61.0 Å². The number of aromatic hydroxyl groups is 1. The van der Waals surface area contributed by atoms with Crippen LogP contribution in [-0.2, 0) is 20.8 Å². The molecule has 0 saturated carbocycles. The first kappa shape index (κ1) is 26.6. The summed E-state index contributed by atoms with van der Waals surface area (Å²) >= 11 is 6.56. The van der Waals surface area contributed by atoms with Crippen LogP contribution in [0.3, 0.4) is 0 Å². The number of rotatable bonds is 4. The quantitative estimate of drug-likeness (QED) is 0.358. The second-order valence-corrected chi connectivity index (χ2v) is 8.85. The van der Waals surface area contributed by atoms with Gasteiger partial charge in [0.2, 0.25) is 0 Å². The number of phenolic OH excluding ortho intramolecular Hbond substituents is 1. The highest BCUT2D eigenvalue weighted by Crippen LogP contribution is 2.38. The van der Waals surface area contributed by atoms with E-state index in [4.69, 9.17) is 25.9 Å². The van der Waals surface area contributed by atoms with E-state index in [1.807, 2.05) is 6.08 Å². The minimum atomic E-state index is -0.676. The molecule has 0 spiro atoms. The Bertz CT molecular complexity index is 983. The molecule has 1 amide bonds. The summed E-state index contributed by atoms with van der Waals surface area (Å²) in [5.74, 6) is -0.852. The number of hydrogen-bond donors (Lipinski definition) is 1. The van der Waals surface area contributed by atoms with Crippen molar-refractivity contribution in [1.82, 2.24) is 4.90 Å². The van der Waals surface area contributed by atoms with Gasteiger partial charge >= 0.3 is 5.97 Å². The van der Waals surface area contributed by atoms with E-state index in [1.54, 1.807) is 11.0 Å². The van der Waals surface area contributed by atoms with Gasteiger partial charge in [-0.1, -0.05) is 35.0 Å². The largest absolute Gasteiger partial charge is 0.507 e. The van der Waals surface area contributed by atoms with Crippen LogP contribution >= 0.6 is 11.6 Å². The van der Waals surface area contributed by atoms with Crippen LogP contribution in [0, 0.1) is 0 Å². The van der Waals surface area contributed by atoms with Crippen molar-refractivity contribution in [2.75, 3.05) is 33.4 Å². The topological polar surface area (TPSA) is 97.7 Å². The Labute approximate surface area is 211 Å². The molecule has 0 atom stereocenters. The van der Waals surface area contributed by atoms with Gasteiger partial charge in [-0.3, -0.25) is 4.79 Å². The molecule has 1 aromatic carbocycles. The molecule has 0 aliphatic carbocycles. The number of amides is 1. The molecule has 1 saturated heterocycles. The maximum atomic E-state index is 12.9. The molecular formula is C26H33ClN2O6. The Morgan fingerprint density at radius 3 is 2.66 bits per heavy atom. The number of allylic oxidation sites excluding steroid dienone is 4. The molecule has 2 aliphatic rings. The first-order chi connectivity index (χ1) is 17.0. The second-order valence-electron chi connectivity index (χ2n) is 8.47. The highest BCUT2D eigenvalue weighted by atomic mass is 35.5. The third-order valence-corrected chi connectivity index (χ3v) is 6.31. The summed E-state index contributed by atoms with van der Waals surface area (Å²) in [5.41, 5.74) is 0.724. The van der Waals surface area contributed by atoms with Crippen molar-refractivity contribution in [3.63, 3.8) is 0 Å². The van der Waals surface area contributed by atoms with E-state index in [-0.39, 0.29) is 47.6 Å². The maximum Gasteiger partial charge on any atom is 0.342 e. The number of nitrogens with zero attached hydrogens (tertiary/aromatic N) is 2. The molecule has 1 aromatic rings. The number of piperidine rings is 1. The van der Waals surface area contributed by atoms with Crippen molar-refractivity contribution >= 4 is 29.2 Å². The van der Waals surface area contributed by atoms with E-state index in [0.717, 1.165) is 51.6 Å². The first-order valence-electron chi connectivity index (χ1n) is 12.0. The molecule has 8 nitrogen and oxygen atoms in total. The summed E-state index contributed by atoms with van der Waals surface area (Å²) in [6, 6.07) is 1.29. The monoisotopic (exact) mass is 504 g/mol. The predicted octanol–water partition coefficient (Wildman–Crippen LogP) is 4.83. The normalized spacial score (nSPS) is 20.7. The Hall–Kier alpha value is -3.00. The number of carbonyl (C=O) groups excluding carboxylic acids is 2. The standard InChI is InChI=1S/C26H33ClN2O6/c1-33-22-17-21(30)24-20(25(22)27)16-19(28-35-18-23(31)29-13-9-7-10-14-29)12-8-5-3-2-4-6-11-15-34-26(24)32/h2,4,8,12,17,30H,3,5-7,9-11,13-16,18H2,1H3/b4-2+,12-8+,28-19-. The summed E-state index contributed by atoms with van der Waals surface area (Å²) in [5, 5.41) is 15.0. The molecule has 1 fully saturated rings. The summed E-state index contributed by atoms with van der Waals surface area (Å²) in [7, 11) is 1.43. The van der Waals surface area contributed by atoms with Crippen LogP contribution in [0.1, 0.15) is 60.9 Å². The van der Waals surface area contributed by atoms with E-state index in [2.05, 4.69) is 17.3 Å². The second kappa shape index (κ2) is 13.8. The average molecular weight is 505 g/mol. The van der Waals surface area contributed by atoms with Gasteiger partial charge in [-0.05, 0) is 56.6 Å². The van der Waals surface area contributed by atoms with Crippen LogP contribution < -0.4 is 4.74 Å². The zero-order valence-electron chi connectivity index (χ0n) is 20.1. The minimum absolute atomic E-state index is 0.0355. The Kier molecular flexibility index (Phi) is 10.5. The first-order valence-corrected chi connectivity index (χ1v) is 12.4. The summed E-state index contributed by atoms with van der Waals surface area (Å²) in [6.07, 6.45) is 14.1. The number of ether oxygens (including phenoxy) is 2. The van der Waals surface area contributed by atoms with Gasteiger partial charge in [0.05, 0.1) is 24.5 Å². The fourth-order valence-corrected chi connectivity index (χ4v) is 4.30. The minimum Gasteiger partial charge on any atom is -0.507 e. The third kappa shape index (κ3) is 7.75. The zero-order valence-corrected chi connectivity index (χ0v) is 20.9. The molecule has 2 heterocycles. The molecule has 2 aliphatic heterocycles. The van der Waals surface area contributed by atoms with Gasteiger partial charge < -0.3 is 24.3 Å². The molecule has 0 bridgehead atoms. The van der Waals surface area contributed by atoms with Crippen LogP contribution in [0.15, 0.2) is 35.5 Å². The highest BCUT2D eigenvalue weighted by molar-refractivity contribution is 6.33. The predicted molar refractivity (Wildman–Crippen MR) is 134 cm³/mol. The lowest BCUT2D eigenvalue weighted by Gasteiger charge is -2.26. The van der Waals surface area contributed by atoms with Gasteiger partial charge in [-0.15, -0.1) is 0 Å². The molecule has 9 heteroatoms. The molecular weight excluding hydrogens is 472 g/mol. The van der Waals surface area contributed by atoms with E-state index in [9.17, 15) is 14.7 Å². The lowest BCUT2D eigenvalue weighted by Crippen LogP contribution is -2.37. The average Bonchev–Trinajstić information content (AvgIpc) is 2.87. The van der Waals surface area contributed by atoms with Gasteiger partial charge in [0, 0.05) is 25.6 Å². The number of cyclic esters (lactones) is 1. The molecule has 0 radical (unpaired) electrons. The number of benzene rings is 1. The van der Waals surface area contributed by atoms with Gasteiger partial charge in [0.15, 0.2) is 6.61 Å². The molecule has 0 aromatic heterocycles. The number of fused-ring (bicyclic) bond motifs is 1. The summed E-state index contributed by atoms with van der Waals surface area (Å²) in [4.78, 5) is 32.5. The molecule has 35 heavy (non-hydrogen) atoms. The van der Waals surface area contributed by atoms with Crippen molar-refractivity contribution in [1.29, 1.82) is 0 Å². The number of oxime groups is 1. The van der Waals surface area contributed by atoms with Crippen molar-refractivity contribution in [3.8, 4) is 11.5 Å². The fraction of sp³-hybridized carbons (Fsp3) is 0.500. The fourth-order valence-electron chi connectivity index (χ4n) is 4.01. The summed E-state index contributed by atoms with van der Waals surface area (Å²) < 4.78 is 10.7. The maximum absolute atomic E-state index is 12.9. The van der Waals surface area contributed by atoms with Crippen molar-refractivity contribution < 1.29 is 29.0 Å². The molecule has 0 unspecified atom stereocenters. The lowest BCUT2D eigenvalue weighted by atomic mass is 9.99. The number of likely N-dealkylation sites (tertiary alicyclic amines) is 1. The third-order valence-electron chi connectivity index (χ3n) is 5.89. The summed E-state index contributed by atoms with van der Waals surface area (Å²) in [6.45, 7) is 1.51. The number of phenols is 1. The van der Waals surface area contributed by atoms with Gasteiger partial charge in [-0.2, -0.15) is 0 Å². The number of halogens is 1. The molecule has 1 N–H and O–H groups in total. The van der Waals surface area contributed by atoms with Gasteiger partial charge in [0.25, 0.3) is 5.91 Å². The highest BCUT2D eigenvalue weighted by Gasteiger charge is 2.25. The molecule has 190 valence electrons. The smallest absolute Gasteiger partial charge is 0.342 e. The van der Waals surface area contributed by atoms with E-state index in [0.29, 0.717) is 17.7 Å². The van der Waals surface area contributed by atoms with Crippen LogP contribution in [0.4, 0.5) is 0 Å². The van der Waals surface area contributed by atoms with E-state index >= 15 is 0 Å². The van der Waals surface area contributed by atoms with Gasteiger partial charge in [-0.25, -0.2) is 4.79 Å². The van der Waals surface area contributed by atoms with Crippen molar-refractivity contribution in [2.24, 2.45) is 5.16 Å². The van der Waals surface area contributed by atoms with Crippen LogP contribution in [0.2, 0.25) is 5.02 Å². The van der Waals surface area contributed by atoms with E-state index < -0.39 is 5.97 Å². The van der Waals surface area contributed by atoms with Crippen LogP contribution in [0.5, 0.6) is 11.5 Å². The zero-order chi connectivity index (χ0) is 25.0. The van der Waals surface area contributed by atoms with Crippen LogP contribution in [0.25, 0.3) is 0 Å². The molecule has 3 rings (SSSR count). The van der Waals surface area contributed by atoms with Crippen molar-refractivity contribution in [3.05, 3.63) is 46.5 Å². The lowest BCUT2D eigenvalue weighted by molar-refractivity contribution is -0.137. The van der Waals surface area contributed by atoms with Crippen molar-refractivity contribution in [2.45, 2.75) is 51.4 Å². The Morgan fingerprint density at radius 1 is 1.14 bits per heavy atom. The number of esters is 1. The number of methoxy groups -OCH3 is 1. The number of carbonyl (C=O) groups is 2. The Balaban J connectivity index is 1.89.